The lowest BCUT2D eigenvalue weighted by Crippen LogP contribution is -2.65. The van der Waals surface area contributed by atoms with E-state index < -0.39 is 12.1 Å². The zero-order valence-electron chi connectivity index (χ0n) is 12.5. The summed E-state index contributed by atoms with van der Waals surface area (Å²) in [5.74, 6) is -0.0890. The predicted molar refractivity (Wildman–Crippen MR) is 78.1 cm³/mol. The molecular formula is C16H22N2O2. The Kier molecular flexibility index (Phi) is 3.84. The molecule has 0 radical (unpaired) electrons. The quantitative estimate of drug-likeness (QED) is 0.890. The first-order valence-electron chi connectivity index (χ1n) is 6.91. The molecule has 1 aliphatic rings. The molecular weight excluding hydrogens is 252 g/mol. The van der Waals surface area contributed by atoms with E-state index >= 15 is 0 Å². The minimum Gasteiger partial charge on any atom is -0.342 e. The number of hydrogen-bond donors (Lipinski definition) is 1. The molecule has 2 rings (SSSR count). The second-order valence-electron chi connectivity index (χ2n) is 6.47. The lowest BCUT2D eigenvalue weighted by Gasteiger charge is -2.42. The minimum atomic E-state index is -0.464. The number of hydrogen-bond acceptors (Lipinski definition) is 2. The summed E-state index contributed by atoms with van der Waals surface area (Å²) in [6.45, 7) is 5.91. The van der Waals surface area contributed by atoms with E-state index in [1.165, 1.54) is 0 Å². The molecule has 20 heavy (non-hydrogen) atoms. The first-order chi connectivity index (χ1) is 9.30. The van der Waals surface area contributed by atoms with E-state index in [4.69, 9.17) is 0 Å². The second-order valence-corrected chi connectivity index (χ2v) is 6.47. The molecule has 1 aromatic rings. The Balaban J connectivity index is 2.16. The zero-order valence-corrected chi connectivity index (χ0v) is 12.5. The van der Waals surface area contributed by atoms with Crippen LogP contribution >= 0.6 is 0 Å². The molecule has 0 aliphatic carbocycles. The Morgan fingerprint density at radius 1 is 1.15 bits per heavy atom. The first kappa shape index (κ1) is 14.6. The van der Waals surface area contributed by atoms with Crippen molar-refractivity contribution in [1.29, 1.82) is 0 Å². The van der Waals surface area contributed by atoms with Gasteiger partial charge < -0.3 is 10.2 Å². The van der Waals surface area contributed by atoms with Gasteiger partial charge >= 0.3 is 0 Å². The van der Waals surface area contributed by atoms with Gasteiger partial charge in [0.2, 0.25) is 11.8 Å². The Bertz CT molecular complexity index is 505. The van der Waals surface area contributed by atoms with Gasteiger partial charge in [-0.3, -0.25) is 9.59 Å². The fraction of sp³-hybridized carbons (Fsp3) is 0.500. The third-order valence-corrected chi connectivity index (χ3v) is 3.70. The zero-order chi connectivity index (χ0) is 14.9. The molecule has 0 spiro atoms. The number of benzene rings is 1. The number of carbonyl (C=O) groups is 2. The molecule has 4 heteroatoms. The second kappa shape index (κ2) is 5.27. The summed E-state index contributed by atoms with van der Waals surface area (Å²) in [4.78, 5) is 26.3. The fourth-order valence-corrected chi connectivity index (χ4v) is 2.82. The summed E-state index contributed by atoms with van der Waals surface area (Å²) >= 11 is 0. The smallest absolute Gasteiger partial charge is 0.245 e. The topological polar surface area (TPSA) is 49.4 Å². The van der Waals surface area contributed by atoms with Crippen LogP contribution in [0.25, 0.3) is 0 Å². The molecule has 0 aromatic heterocycles. The fourth-order valence-electron chi connectivity index (χ4n) is 2.82. The van der Waals surface area contributed by atoms with Crippen molar-refractivity contribution >= 4 is 11.8 Å². The average Bonchev–Trinajstić information content (AvgIpc) is 2.35. The number of carbonyl (C=O) groups excluding carboxylic acids is 2. The van der Waals surface area contributed by atoms with Crippen molar-refractivity contribution in [2.75, 3.05) is 7.05 Å². The Labute approximate surface area is 120 Å². The van der Waals surface area contributed by atoms with Gasteiger partial charge in [-0.15, -0.1) is 0 Å². The number of amides is 2. The lowest BCUT2D eigenvalue weighted by molar-refractivity contribution is -0.151. The van der Waals surface area contributed by atoms with Gasteiger partial charge in [-0.05, 0) is 11.0 Å². The number of rotatable bonds is 2. The van der Waals surface area contributed by atoms with Gasteiger partial charge in [0.15, 0.2) is 0 Å². The van der Waals surface area contributed by atoms with Crippen LogP contribution in [0.4, 0.5) is 0 Å². The van der Waals surface area contributed by atoms with E-state index in [0.717, 1.165) is 5.56 Å². The molecule has 1 fully saturated rings. The maximum absolute atomic E-state index is 12.4. The Morgan fingerprint density at radius 2 is 1.75 bits per heavy atom. The van der Waals surface area contributed by atoms with Gasteiger partial charge in [0.25, 0.3) is 0 Å². The van der Waals surface area contributed by atoms with Crippen LogP contribution in [0.3, 0.4) is 0 Å². The van der Waals surface area contributed by atoms with Crippen LogP contribution in [-0.2, 0) is 16.0 Å². The molecule has 0 bridgehead atoms. The molecule has 4 nitrogen and oxygen atoms in total. The maximum atomic E-state index is 12.4. The van der Waals surface area contributed by atoms with Gasteiger partial charge in [0.1, 0.15) is 12.1 Å². The Hall–Kier alpha value is -1.84. The van der Waals surface area contributed by atoms with E-state index in [0.29, 0.717) is 6.42 Å². The van der Waals surface area contributed by atoms with Crippen LogP contribution in [0.1, 0.15) is 26.3 Å². The van der Waals surface area contributed by atoms with Gasteiger partial charge in [-0.25, -0.2) is 0 Å². The molecule has 2 amide bonds. The van der Waals surface area contributed by atoms with E-state index in [1.807, 2.05) is 51.1 Å². The van der Waals surface area contributed by atoms with E-state index in [2.05, 4.69) is 5.32 Å². The number of nitrogens with one attached hydrogen (secondary N) is 1. The normalized spacial score (nSPS) is 23.7. The summed E-state index contributed by atoms with van der Waals surface area (Å²) in [5.41, 5.74) is 0.778. The molecule has 2 atom stereocenters. The molecule has 1 heterocycles. The molecule has 1 aliphatic heterocycles. The summed E-state index contributed by atoms with van der Waals surface area (Å²) in [5, 5.41) is 2.87. The van der Waals surface area contributed by atoms with Crippen LogP contribution < -0.4 is 5.32 Å². The predicted octanol–water partition coefficient (Wildman–Crippen LogP) is 1.60. The van der Waals surface area contributed by atoms with E-state index in [-0.39, 0.29) is 17.2 Å². The first-order valence-corrected chi connectivity index (χ1v) is 6.91. The average molecular weight is 274 g/mol. The summed E-state index contributed by atoms with van der Waals surface area (Å²) in [6, 6.07) is 8.87. The number of nitrogens with zero attached hydrogens (tertiary/aromatic N) is 1. The SMILES string of the molecule is CN1C(=O)C(Cc2ccccc2)NC(=O)C1C(C)(C)C. The van der Waals surface area contributed by atoms with Crippen molar-refractivity contribution in [3.63, 3.8) is 0 Å². The van der Waals surface area contributed by atoms with Crippen molar-refractivity contribution in [3.8, 4) is 0 Å². The van der Waals surface area contributed by atoms with Crippen molar-refractivity contribution in [2.24, 2.45) is 5.41 Å². The third-order valence-electron chi connectivity index (χ3n) is 3.70. The van der Waals surface area contributed by atoms with Crippen LogP contribution in [0.2, 0.25) is 0 Å². The lowest BCUT2D eigenvalue weighted by atomic mass is 9.83. The van der Waals surface area contributed by atoms with Crippen molar-refractivity contribution in [2.45, 2.75) is 39.3 Å². The molecule has 1 N–H and O–H groups in total. The largest absolute Gasteiger partial charge is 0.342 e. The van der Waals surface area contributed by atoms with Crippen LogP contribution in [0.15, 0.2) is 30.3 Å². The van der Waals surface area contributed by atoms with Crippen LogP contribution in [0, 0.1) is 5.41 Å². The van der Waals surface area contributed by atoms with E-state index in [9.17, 15) is 9.59 Å². The summed E-state index contributed by atoms with van der Waals surface area (Å²) in [6.07, 6.45) is 0.534. The molecule has 1 saturated heterocycles. The molecule has 108 valence electrons. The Morgan fingerprint density at radius 3 is 2.30 bits per heavy atom. The standard InChI is InChI=1S/C16H22N2O2/c1-16(2,3)13-14(19)17-12(15(20)18(13)4)10-11-8-6-5-7-9-11/h5-9,12-13H,10H2,1-4H3,(H,17,19). The monoisotopic (exact) mass is 274 g/mol. The van der Waals surface area contributed by atoms with Crippen molar-refractivity contribution < 1.29 is 9.59 Å². The van der Waals surface area contributed by atoms with Crippen molar-refractivity contribution in [3.05, 3.63) is 35.9 Å². The van der Waals surface area contributed by atoms with Gasteiger partial charge in [0.05, 0.1) is 0 Å². The van der Waals surface area contributed by atoms with Crippen molar-refractivity contribution in [1.82, 2.24) is 10.2 Å². The van der Waals surface area contributed by atoms with Gasteiger partial charge in [-0.1, -0.05) is 51.1 Å². The van der Waals surface area contributed by atoms with Gasteiger partial charge in [-0.2, -0.15) is 0 Å². The highest BCUT2D eigenvalue weighted by molar-refractivity contribution is 5.97. The molecule has 0 saturated carbocycles. The van der Waals surface area contributed by atoms with E-state index in [1.54, 1.807) is 11.9 Å². The molecule has 2 unspecified atom stereocenters. The van der Waals surface area contributed by atoms with Crippen LogP contribution in [-0.4, -0.2) is 35.8 Å². The third kappa shape index (κ3) is 2.84. The highest BCUT2D eigenvalue weighted by atomic mass is 16.2. The summed E-state index contributed by atoms with van der Waals surface area (Å²) in [7, 11) is 1.72. The number of likely N-dealkylation sites (N-methyl/N-ethyl adjacent to an activating group) is 1. The highest BCUT2D eigenvalue weighted by Crippen LogP contribution is 2.27. The maximum Gasteiger partial charge on any atom is 0.245 e. The molecule has 1 aromatic carbocycles. The van der Waals surface area contributed by atoms with Gasteiger partial charge in [0, 0.05) is 13.5 Å². The van der Waals surface area contributed by atoms with Crippen LogP contribution in [0.5, 0.6) is 0 Å². The number of piperazine rings is 1. The summed E-state index contributed by atoms with van der Waals surface area (Å²) < 4.78 is 0. The highest BCUT2D eigenvalue weighted by Gasteiger charge is 2.44. The minimum absolute atomic E-state index is 0.0200.